The zero-order valence-corrected chi connectivity index (χ0v) is 9.67. The zero-order valence-electron chi connectivity index (χ0n) is 8.85. The van der Waals surface area contributed by atoms with Crippen molar-refractivity contribution in [3.05, 3.63) is 17.8 Å². The third-order valence-electron chi connectivity index (χ3n) is 2.44. The number of nitriles is 1. The monoisotopic (exact) mass is 235 g/mol. The van der Waals surface area contributed by atoms with Crippen molar-refractivity contribution >= 4 is 17.4 Å². The topological polar surface area (TPSA) is 71.9 Å². The van der Waals surface area contributed by atoms with Crippen LogP contribution in [0.4, 0.5) is 5.69 Å². The molecule has 0 amide bonds. The van der Waals surface area contributed by atoms with E-state index in [4.69, 9.17) is 15.7 Å². The lowest BCUT2D eigenvalue weighted by Gasteiger charge is -2.09. The minimum atomic E-state index is 0.321. The predicted molar refractivity (Wildman–Crippen MR) is 63.1 cm³/mol. The third-order valence-corrected chi connectivity index (χ3v) is 3.59. The van der Waals surface area contributed by atoms with E-state index in [1.165, 1.54) is 0 Å². The fourth-order valence-electron chi connectivity index (χ4n) is 1.60. The molecule has 0 bridgehead atoms. The Kier molecular flexibility index (Phi) is 3.65. The number of aromatic nitrogens is 1. The maximum absolute atomic E-state index is 8.68. The van der Waals surface area contributed by atoms with E-state index in [2.05, 4.69) is 4.98 Å². The number of pyridine rings is 1. The van der Waals surface area contributed by atoms with Gasteiger partial charge in [0.15, 0.2) is 0 Å². The highest BCUT2D eigenvalue weighted by Crippen LogP contribution is 2.26. The summed E-state index contributed by atoms with van der Waals surface area (Å²) in [7, 11) is 0. The summed E-state index contributed by atoms with van der Waals surface area (Å²) in [5.41, 5.74) is 6.88. The molecule has 1 aliphatic rings. The van der Waals surface area contributed by atoms with Gasteiger partial charge in [-0.25, -0.2) is 4.98 Å². The van der Waals surface area contributed by atoms with Crippen molar-refractivity contribution in [2.45, 2.75) is 24.0 Å². The van der Waals surface area contributed by atoms with Crippen LogP contribution >= 0.6 is 11.8 Å². The largest absolute Gasteiger partial charge is 0.397 e. The van der Waals surface area contributed by atoms with Gasteiger partial charge in [0, 0.05) is 18.6 Å². The summed E-state index contributed by atoms with van der Waals surface area (Å²) >= 11 is 1.59. The summed E-state index contributed by atoms with van der Waals surface area (Å²) < 4.78 is 5.52. The minimum absolute atomic E-state index is 0.321. The van der Waals surface area contributed by atoms with Gasteiger partial charge in [-0.15, -0.1) is 11.8 Å². The number of anilines is 1. The molecule has 2 N–H and O–H groups in total. The molecule has 5 heteroatoms. The minimum Gasteiger partial charge on any atom is -0.397 e. The predicted octanol–water partition coefficient (Wildman–Crippen LogP) is 1.81. The molecule has 0 saturated carbocycles. The van der Waals surface area contributed by atoms with Gasteiger partial charge >= 0.3 is 0 Å². The van der Waals surface area contributed by atoms with Gasteiger partial charge in [0.2, 0.25) is 0 Å². The van der Waals surface area contributed by atoms with Crippen LogP contribution in [0.5, 0.6) is 0 Å². The van der Waals surface area contributed by atoms with Gasteiger partial charge in [-0.1, -0.05) is 0 Å². The first-order valence-electron chi connectivity index (χ1n) is 5.19. The molecule has 1 fully saturated rings. The van der Waals surface area contributed by atoms with Gasteiger partial charge in [0.05, 0.1) is 17.4 Å². The second-order valence-electron chi connectivity index (χ2n) is 3.68. The first-order valence-corrected chi connectivity index (χ1v) is 6.18. The molecular weight excluding hydrogens is 222 g/mol. The molecule has 1 aromatic heterocycles. The molecule has 16 heavy (non-hydrogen) atoms. The molecular formula is C11H13N3OS. The number of nitrogens with two attached hydrogens (primary N) is 1. The van der Waals surface area contributed by atoms with Gasteiger partial charge in [0.25, 0.3) is 0 Å². The van der Waals surface area contributed by atoms with E-state index >= 15 is 0 Å². The zero-order chi connectivity index (χ0) is 11.4. The lowest BCUT2D eigenvalue weighted by Crippen LogP contribution is -2.08. The Morgan fingerprint density at radius 2 is 2.56 bits per heavy atom. The summed E-state index contributed by atoms with van der Waals surface area (Å²) in [6.07, 6.45) is 4.13. The van der Waals surface area contributed by atoms with Crippen molar-refractivity contribution in [3.8, 4) is 6.07 Å². The van der Waals surface area contributed by atoms with Crippen LogP contribution in [0.1, 0.15) is 18.4 Å². The van der Waals surface area contributed by atoms with Crippen molar-refractivity contribution in [3.63, 3.8) is 0 Å². The number of hydrogen-bond donors (Lipinski definition) is 1. The number of hydrogen-bond acceptors (Lipinski definition) is 5. The summed E-state index contributed by atoms with van der Waals surface area (Å²) in [4.78, 5) is 4.17. The van der Waals surface area contributed by atoms with Crippen molar-refractivity contribution in [2.24, 2.45) is 0 Å². The van der Waals surface area contributed by atoms with Gasteiger partial charge < -0.3 is 10.5 Å². The van der Waals surface area contributed by atoms with E-state index in [1.807, 2.05) is 6.07 Å². The van der Waals surface area contributed by atoms with E-state index in [0.717, 1.165) is 30.2 Å². The van der Waals surface area contributed by atoms with E-state index in [0.29, 0.717) is 17.4 Å². The summed E-state index contributed by atoms with van der Waals surface area (Å²) in [6, 6.07) is 3.67. The molecule has 0 spiro atoms. The molecule has 2 rings (SSSR count). The normalized spacial score (nSPS) is 19.6. The third kappa shape index (κ3) is 2.65. The van der Waals surface area contributed by atoms with Gasteiger partial charge in [-0.05, 0) is 18.9 Å². The maximum Gasteiger partial charge on any atom is 0.119 e. The Labute approximate surface area is 98.8 Å². The summed E-state index contributed by atoms with van der Waals surface area (Å²) in [5, 5.41) is 9.47. The Morgan fingerprint density at radius 1 is 1.69 bits per heavy atom. The number of nitrogen functional groups attached to an aromatic ring is 1. The summed E-state index contributed by atoms with van der Waals surface area (Å²) in [5.74, 6) is 0.878. The van der Waals surface area contributed by atoms with Crippen LogP contribution in [0.15, 0.2) is 17.3 Å². The second-order valence-corrected chi connectivity index (χ2v) is 4.68. The van der Waals surface area contributed by atoms with Crippen LogP contribution in [-0.2, 0) is 4.74 Å². The molecule has 1 atom stereocenters. The number of ether oxygens (including phenoxy) is 1. The number of thioether (sulfide) groups is 1. The average molecular weight is 235 g/mol. The van der Waals surface area contributed by atoms with E-state index in [9.17, 15) is 0 Å². The molecule has 0 aliphatic carbocycles. The van der Waals surface area contributed by atoms with Crippen LogP contribution in [0.3, 0.4) is 0 Å². The Bertz CT molecular complexity index is 410. The summed E-state index contributed by atoms with van der Waals surface area (Å²) in [6.45, 7) is 0.863. The maximum atomic E-state index is 8.68. The van der Waals surface area contributed by atoms with Gasteiger partial charge in [-0.3, -0.25) is 0 Å². The number of rotatable bonds is 3. The Morgan fingerprint density at radius 3 is 3.19 bits per heavy atom. The standard InChI is InChI=1S/C11H13N3OS/c12-5-8-4-10(13)11(14-6-8)16-7-9-2-1-3-15-9/h4,6,9H,1-3,7,13H2. The quantitative estimate of drug-likeness (QED) is 0.809. The molecule has 2 heterocycles. The van der Waals surface area contributed by atoms with Crippen molar-refractivity contribution in [1.29, 1.82) is 5.26 Å². The van der Waals surface area contributed by atoms with Gasteiger partial charge in [-0.2, -0.15) is 5.26 Å². The van der Waals surface area contributed by atoms with E-state index < -0.39 is 0 Å². The average Bonchev–Trinajstić information content (AvgIpc) is 2.80. The molecule has 4 nitrogen and oxygen atoms in total. The lowest BCUT2D eigenvalue weighted by atomic mass is 10.3. The SMILES string of the molecule is N#Cc1cnc(SCC2CCCO2)c(N)c1. The molecule has 0 radical (unpaired) electrons. The van der Waals surface area contributed by atoms with E-state index in [-0.39, 0.29) is 0 Å². The van der Waals surface area contributed by atoms with Crippen molar-refractivity contribution < 1.29 is 4.74 Å². The molecule has 1 unspecified atom stereocenters. The first-order chi connectivity index (χ1) is 7.79. The van der Waals surface area contributed by atoms with Crippen LogP contribution in [-0.4, -0.2) is 23.4 Å². The molecule has 1 aliphatic heterocycles. The molecule has 1 saturated heterocycles. The highest BCUT2D eigenvalue weighted by Gasteiger charge is 2.16. The molecule has 0 aromatic carbocycles. The van der Waals surface area contributed by atoms with Crippen LogP contribution < -0.4 is 5.73 Å². The fraction of sp³-hybridized carbons (Fsp3) is 0.455. The number of nitrogens with zero attached hydrogens (tertiary/aromatic N) is 2. The highest BCUT2D eigenvalue weighted by atomic mass is 32.2. The van der Waals surface area contributed by atoms with E-state index in [1.54, 1.807) is 24.0 Å². The molecule has 1 aromatic rings. The second kappa shape index (κ2) is 5.19. The Hall–Kier alpha value is -1.25. The first kappa shape index (κ1) is 11.2. The van der Waals surface area contributed by atoms with Crippen molar-refractivity contribution in [2.75, 3.05) is 18.1 Å². The Balaban J connectivity index is 1.96. The highest BCUT2D eigenvalue weighted by molar-refractivity contribution is 7.99. The van der Waals surface area contributed by atoms with Crippen LogP contribution in [0, 0.1) is 11.3 Å². The van der Waals surface area contributed by atoms with Crippen LogP contribution in [0.2, 0.25) is 0 Å². The fourth-order valence-corrected chi connectivity index (χ4v) is 2.56. The van der Waals surface area contributed by atoms with Gasteiger partial charge in [0.1, 0.15) is 11.1 Å². The smallest absolute Gasteiger partial charge is 0.119 e. The van der Waals surface area contributed by atoms with Crippen molar-refractivity contribution in [1.82, 2.24) is 4.98 Å². The van der Waals surface area contributed by atoms with Crippen LogP contribution in [0.25, 0.3) is 0 Å². The molecule has 84 valence electrons. The lowest BCUT2D eigenvalue weighted by molar-refractivity contribution is 0.129.